The molecule has 282 valence electrons. The Morgan fingerprint density at radius 1 is 0.686 bits per heavy atom. The number of benzene rings is 4. The normalized spacial score (nSPS) is 24.6. The van der Waals surface area contributed by atoms with Gasteiger partial charge < -0.3 is 55.6 Å². The molecule has 12 N–H and O–H groups in total. The third-order valence-electron chi connectivity index (χ3n) is 8.56. The third kappa shape index (κ3) is 7.34. The standard InChI is InChI=1S/C28H33NO19S3/c30-8-16(33)27(48-28-26(37)25(36)24(35)17(9-31)47-28)23(34)15(32)7-29-14-5-18(49(38,39)40)11-3-4-13-20(51(44,45)46)6-19(50(41,42)43)12-2-1-10(14)21(11)22(12)13/h1-6,15-17,23-37H,7-9H2,(H,38,39,40)(H,41,42,43)(H,44,45,46)/t15?,16?,17-,23?,24+,25+,26-,27?,28+/m1/s1. The maximum atomic E-state index is 12.5. The van der Waals surface area contributed by atoms with Crippen LogP contribution in [0.2, 0.25) is 0 Å². The van der Waals surface area contributed by atoms with Crippen molar-refractivity contribution in [1.82, 2.24) is 0 Å². The van der Waals surface area contributed by atoms with Gasteiger partial charge in [-0.05, 0) is 12.1 Å². The van der Waals surface area contributed by atoms with E-state index < -0.39 is 120 Å². The van der Waals surface area contributed by atoms with E-state index in [0.29, 0.717) is 6.07 Å². The van der Waals surface area contributed by atoms with Crippen LogP contribution in [0.5, 0.6) is 0 Å². The van der Waals surface area contributed by atoms with Gasteiger partial charge in [-0.2, -0.15) is 25.3 Å². The fourth-order valence-corrected chi connectivity index (χ4v) is 8.29. The lowest BCUT2D eigenvalue weighted by molar-refractivity contribution is -0.326. The van der Waals surface area contributed by atoms with Crippen LogP contribution in [0.3, 0.4) is 0 Å². The summed E-state index contributed by atoms with van der Waals surface area (Å²) in [6, 6.07) is 5.89. The first-order valence-corrected chi connectivity index (χ1v) is 19.0. The highest BCUT2D eigenvalue weighted by molar-refractivity contribution is 7.87. The van der Waals surface area contributed by atoms with Gasteiger partial charge >= 0.3 is 0 Å². The van der Waals surface area contributed by atoms with Crippen molar-refractivity contribution in [2.24, 2.45) is 0 Å². The van der Waals surface area contributed by atoms with Crippen molar-refractivity contribution < 1.29 is 89.2 Å². The average Bonchev–Trinajstić information content (AvgIpc) is 3.05. The maximum absolute atomic E-state index is 12.5. The summed E-state index contributed by atoms with van der Waals surface area (Å²) in [6.45, 7) is -2.68. The van der Waals surface area contributed by atoms with Gasteiger partial charge in [-0.1, -0.05) is 24.3 Å². The molecule has 51 heavy (non-hydrogen) atoms. The lowest BCUT2D eigenvalue weighted by atomic mass is 9.93. The zero-order chi connectivity index (χ0) is 38.0. The van der Waals surface area contributed by atoms with Crippen LogP contribution in [0.25, 0.3) is 32.3 Å². The molecular weight excluding hydrogens is 750 g/mol. The molecule has 0 amide bonds. The Morgan fingerprint density at radius 2 is 1.16 bits per heavy atom. The number of aliphatic hydroxyl groups excluding tert-OH is 8. The van der Waals surface area contributed by atoms with E-state index in [9.17, 15) is 79.8 Å². The lowest BCUT2D eigenvalue weighted by Gasteiger charge is -2.42. The Hall–Kier alpha value is -2.95. The molecule has 1 saturated heterocycles. The summed E-state index contributed by atoms with van der Waals surface area (Å²) in [5.41, 5.74) is -0.226. The third-order valence-corrected chi connectivity index (χ3v) is 11.2. The zero-order valence-corrected chi connectivity index (χ0v) is 28.1. The predicted molar refractivity (Wildman–Crippen MR) is 172 cm³/mol. The molecule has 1 aliphatic rings. The van der Waals surface area contributed by atoms with Gasteiger partial charge in [-0.15, -0.1) is 0 Å². The largest absolute Gasteiger partial charge is 0.394 e. The number of ether oxygens (including phenoxy) is 2. The summed E-state index contributed by atoms with van der Waals surface area (Å²) in [5, 5.41) is 83.0. The molecule has 0 radical (unpaired) electrons. The van der Waals surface area contributed by atoms with E-state index in [2.05, 4.69) is 5.32 Å². The Labute approximate surface area is 288 Å². The van der Waals surface area contributed by atoms with E-state index in [4.69, 9.17) is 9.47 Å². The molecule has 23 heteroatoms. The number of anilines is 1. The van der Waals surface area contributed by atoms with Crippen molar-refractivity contribution in [3.05, 3.63) is 36.4 Å². The summed E-state index contributed by atoms with van der Waals surface area (Å²) in [5.74, 6) is 0. The van der Waals surface area contributed by atoms with Crippen molar-refractivity contribution in [1.29, 1.82) is 0 Å². The molecule has 9 atom stereocenters. The van der Waals surface area contributed by atoms with Crippen molar-refractivity contribution >= 4 is 68.4 Å². The number of aliphatic hydroxyl groups is 8. The molecule has 1 fully saturated rings. The molecule has 5 rings (SSSR count). The molecule has 0 saturated carbocycles. The van der Waals surface area contributed by atoms with Gasteiger partial charge in [0, 0.05) is 44.5 Å². The highest BCUT2D eigenvalue weighted by Gasteiger charge is 2.47. The van der Waals surface area contributed by atoms with Crippen LogP contribution >= 0.6 is 0 Å². The van der Waals surface area contributed by atoms with E-state index in [1.807, 2.05) is 0 Å². The quantitative estimate of drug-likeness (QED) is 0.0475. The predicted octanol–water partition coefficient (Wildman–Crippen LogP) is -3.00. The van der Waals surface area contributed by atoms with Crippen LogP contribution in [0.15, 0.2) is 51.1 Å². The molecular formula is C28H33NO19S3. The molecule has 0 spiro atoms. The average molecular weight is 784 g/mol. The van der Waals surface area contributed by atoms with Gasteiger partial charge in [0.2, 0.25) is 0 Å². The van der Waals surface area contributed by atoms with Crippen molar-refractivity contribution in [3.63, 3.8) is 0 Å². The molecule has 1 aliphatic heterocycles. The molecule has 4 aromatic carbocycles. The van der Waals surface area contributed by atoms with Crippen LogP contribution in [-0.4, -0.2) is 155 Å². The first-order valence-electron chi connectivity index (χ1n) is 14.7. The summed E-state index contributed by atoms with van der Waals surface area (Å²) in [6.07, 6.45) is -17.2. The fraction of sp³-hybridized carbons (Fsp3) is 0.429. The molecule has 4 aromatic rings. The molecule has 0 bridgehead atoms. The molecule has 4 unspecified atom stereocenters. The highest BCUT2D eigenvalue weighted by Crippen LogP contribution is 2.44. The molecule has 0 aliphatic carbocycles. The second-order valence-corrected chi connectivity index (χ2v) is 15.9. The Bertz CT molecular complexity index is 2210. The smallest absolute Gasteiger partial charge is 0.295 e. The van der Waals surface area contributed by atoms with E-state index >= 15 is 0 Å². The van der Waals surface area contributed by atoms with Crippen molar-refractivity contribution in [2.45, 2.75) is 69.8 Å². The van der Waals surface area contributed by atoms with Crippen LogP contribution in [-0.2, 0) is 39.8 Å². The highest BCUT2D eigenvalue weighted by atomic mass is 32.2. The molecule has 0 aromatic heterocycles. The summed E-state index contributed by atoms with van der Waals surface area (Å²) in [7, 11) is -15.4. The second kappa shape index (κ2) is 14.1. The SMILES string of the molecule is O=S(=O)(O)c1cc(NCC(O)C(O)C(O[C@@H]2O[C@H](CO)[C@H](O)[C@H](O)[C@H]2O)C(O)CO)c2ccc3c(S(=O)(=O)O)cc(S(=O)(=O)O)c4ccc1c2c34. The lowest BCUT2D eigenvalue weighted by Crippen LogP contribution is -2.61. The van der Waals surface area contributed by atoms with Gasteiger partial charge in [0.15, 0.2) is 6.29 Å². The van der Waals surface area contributed by atoms with Crippen LogP contribution in [0, 0.1) is 0 Å². The van der Waals surface area contributed by atoms with Gasteiger partial charge in [0.05, 0.1) is 19.3 Å². The van der Waals surface area contributed by atoms with Crippen molar-refractivity contribution in [3.8, 4) is 0 Å². The zero-order valence-electron chi connectivity index (χ0n) is 25.7. The molecule has 20 nitrogen and oxygen atoms in total. The van der Waals surface area contributed by atoms with Gasteiger partial charge in [0.1, 0.15) is 57.4 Å². The van der Waals surface area contributed by atoms with E-state index in [1.54, 1.807) is 0 Å². The Kier molecular flexibility index (Phi) is 10.9. The van der Waals surface area contributed by atoms with Gasteiger partial charge in [0.25, 0.3) is 30.4 Å². The topological polar surface area (TPSA) is 355 Å². The number of hydrogen-bond acceptors (Lipinski definition) is 17. The van der Waals surface area contributed by atoms with E-state index in [-0.39, 0.29) is 38.0 Å². The minimum Gasteiger partial charge on any atom is -0.394 e. The first-order chi connectivity index (χ1) is 23.6. The maximum Gasteiger partial charge on any atom is 0.295 e. The van der Waals surface area contributed by atoms with Crippen LogP contribution < -0.4 is 5.32 Å². The minimum absolute atomic E-state index is 0.00970. The first kappa shape index (κ1) is 39.3. The second-order valence-electron chi connectivity index (χ2n) is 11.8. The summed E-state index contributed by atoms with van der Waals surface area (Å²) >= 11 is 0. The monoisotopic (exact) mass is 783 g/mol. The van der Waals surface area contributed by atoms with Crippen LogP contribution in [0.4, 0.5) is 5.69 Å². The fourth-order valence-electron chi connectivity index (χ4n) is 6.08. The summed E-state index contributed by atoms with van der Waals surface area (Å²) < 4.78 is 115. The van der Waals surface area contributed by atoms with Gasteiger partial charge in [-0.25, -0.2) is 0 Å². The summed E-state index contributed by atoms with van der Waals surface area (Å²) in [4.78, 5) is -2.72. The van der Waals surface area contributed by atoms with Crippen LogP contribution in [0.1, 0.15) is 0 Å². The number of rotatable bonds is 13. The Balaban J connectivity index is 1.58. The van der Waals surface area contributed by atoms with Gasteiger partial charge in [-0.3, -0.25) is 13.7 Å². The minimum atomic E-state index is -5.17. The number of nitrogens with one attached hydrogen (secondary N) is 1. The van der Waals surface area contributed by atoms with Crippen molar-refractivity contribution in [2.75, 3.05) is 25.1 Å². The molecule has 1 heterocycles. The number of hydrogen-bond donors (Lipinski definition) is 12. The Morgan fingerprint density at radius 3 is 1.63 bits per heavy atom. The van der Waals surface area contributed by atoms with E-state index in [0.717, 1.165) is 24.3 Å². The van der Waals surface area contributed by atoms with E-state index in [1.165, 1.54) is 6.07 Å².